The van der Waals surface area contributed by atoms with Gasteiger partial charge in [0.25, 0.3) is 0 Å². The summed E-state index contributed by atoms with van der Waals surface area (Å²) in [7, 11) is 0. The number of ether oxygens (including phenoxy) is 1. The first-order valence-electron chi connectivity index (χ1n) is 10.7. The van der Waals surface area contributed by atoms with Crippen molar-refractivity contribution in [2.24, 2.45) is 0 Å². The Kier molecular flexibility index (Phi) is 6.77. The highest BCUT2D eigenvalue weighted by molar-refractivity contribution is 7.98. The van der Waals surface area contributed by atoms with E-state index in [0.717, 1.165) is 27.4 Å². The molecule has 0 bridgehead atoms. The van der Waals surface area contributed by atoms with Gasteiger partial charge < -0.3 is 10.1 Å². The van der Waals surface area contributed by atoms with Crippen LogP contribution < -0.4 is 5.32 Å². The molecule has 0 spiro atoms. The summed E-state index contributed by atoms with van der Waals surface area (Å²) in [5.41, 5.74) is 4.67. The standard InChI is InChI=1S/C26H26ClNO3S/c1-4-31-26(30)23-15(2)28-21-13-17(19-7-5-6-8-20(19)27)14-22(29)25(21)24(23)16-9-11-18(32-3)12-10-16/h5-12,17,24,28H,4,13-14H2,1-3H3/t17-,24-/m0/s1. The molecule has 1 aliphatic carbocycles. The van der Waals surface area contributed by atoms with Crippen LogP contribution in [0, 0.1) is 0 Å². The molecular weight excluding hydrogens is 442 g/mol. The van der Waals surface area contributed by atoms with Gasteiger partial charge >= 0.3 is 5.97 Å². The number of nitrogens with one attached hydrogen (secondary N) is 1. The van der Waals surface area contributed by atoms with E-state index in [1.54, 1.807) is 18.7 Å². The van der Waals surface area contributed by atoms with E-state index in [-0.39, 0.29) is 24.3 Å². The van der Waals surface area contributed by atoms with Crippen LogP contribution in [0.4, 0.5) is 0 Å². The maximum absolute atomic E-state index is 13.5. The summed E-state index contributed by atoms with van der Waals surface area (Å²) in [6.07, 6.45) is 3.05. The molecule has 1 heterocycles. The number of thioether (sulfide) groups is 1. The highest BCUT2D eigenvalue weighted by atomic mass is 35.5. The number of allylic oxidation sites excluding steroid dienone is 3. The van der Waals surface area contributed by atoms with Crippen LogP contribution in [0.3, 0.4) is 0 Å². The topological polar surface area (TPSA) is 55.4 Å². The van der Waals surface area contributed by atoms with E-state index in [2.05, 4.69) is 5.32 Å². The van der Waals surface area contributed by atoms with Crippen LogP contribution in [0.25, 0.3) is 0 Å². The van der Waals surface area contributed by atoms with Crippen molar-refractivity contribution in [2.75, 3.05) is 12.9 Å². The third kappa shape index (κ3) is 4.24. The van der Waals surface area contributed by atoms with Gasteiger partial charge in [-0.1, -0.05) is 41.9 Å². The maximum atomic E-state index is 13.5. The largest absolute Gasteiger partial charge is 0.463 e. The van der Waals surface area contributed by atoms with Crippen molar-refractivity contribution in [1.82, 2.24) is 5.32 Å². The molecule has 2 aromatic carbocycles. The zero-order chi connectivity index (χ0) is 22.8. The van der Waals surface area contributed by atoms with Gasteiger partial charge in [0.15, 0.2) is 5.78 Å². The average Bonchev–Trinajstić information content (AvgIpc) is 2.78. The second kappa shape index (κ2) is 9.55. The van der Waals surface area contributed by atoms with Gasteiger partial charge in [0, 0.05) is 39.2 Å². The fraction of sp³-hybridized carbons (Fsp3) is 0.308. The minimum atomic E-state index is -0.444. The Morgan fingerprint density at radius 3 is 2.53 bits per heavy atom. The lowest BCUT2D eigenvalue weighted by molar-refractivity contribution is -0.138. The van der Waals surface area contributed by atoms with Crippen LogP contribution in [0.1, 0.15) is 49.7 Å². The van der Waals surface area contributed by atoms with Crippen molar-refractivity contribution in [2.45, 2.75) is 43.4 Å². The number of Topliss-reactive ketones (excluding diaryl/α,β-unsaturated/α-hetero) is 1. The summed E-state index contributed by atoms with van der Waals surface area (Å²) in [5.74, 6) is -0.791. The number of ketones is 1. The number of dihydropyridines is 1. The van der Waals surface area contributed by atoms with Gasteiger partial charge in [0.05, 0.1) is 12.2 Å². The van der Waals surface area contributed by atoms with Gasteiger partial charge in [0.2, 0.25) is 0 Å². The predicted molar refractivity (Wildman–Crippen MR) is 129 cm³/mol. The second-order valence-electron chi connectivity index (χ2n) is 8.03. The van der Waals surface area contributed by atoms with Crippen LogP contribution in [0.2, 0.25) is 5.02 Å². The zero-order valence-electron chi connectivity index (χ0n) is 18.4. The Hall–Kier alpha value is -2.50. The summed E-state index contributed by atoms with van der Waals surface area (Å²) < 4.78 is 5.38. The smallest absolute Gasteiger partial charge is 0.336 e. The summed E-state index contributed by atoms with van der Waals surface area (Å²) in [6.45, 7) is 3.95. The van der Waals surface area contributed by atoms with Crippen LogP contribution in [-0.2, 0) is 14.3 Å². The molecule has 4 nitrogen and oxygen atoms in total. The number of carbonyl (C=O) groups is 2. The Bertz CT molecular complexity index is 1120. The van der Waals surface area contributed by atoms with Gasteiger partial charge in [-0.3, -0.25) is 4.79 Å². The number of esters is 1. The van der Waals surface area contributed by atoms with E-state index in [1.807, 2.05) is 61.7 Å². The molecular formula is C26H26ClNO3S. The lowest BCUT2D eigenvalue weighted by atomic mass is 9.71. The fourth-order valence-electron chi connectivity index (χ4n) is 4.67. The highest BCUT2D eigenvalue weighted by Crippen LogP contribution is 2.46. The summed E-state index contributed by atoms with van der Waals surface area (Å²) in [5, 5.41) is 4.04. The van der Waals surface area contributed by atoms with Crippen molar-refractivity contribution >= 4 is 35.1 Å². The van der Waals surface area contributed by atoms with Gasteiger partial charge in [-0.05, 0) is 61.8 Å². The molecule has 2 atom stereocenters. The molecule has 2 aliphatic rings. The molecule has 32 heavy (non-hydrogen) atoms. The Labute approximate surface area is 198 Å². The first-order valence-corrected chi connectivity index (χ1v) is 12.3. The number of benzene rings is 2. The van der Waals surface area contributed by atoms with Crippen molar-refractivity contribution in [3.05, 3.63) is 87.2 Å². The quantitative estimate of drug-likeness (QED) is 0.432. The van der Waals surface area contributed by atoms with Crippen molar-refractivity contribution < 1.29 is 14.3 Å². The number of hydrogen-bond donors (Lipinski definition) is 1. The lowest BCUT2D eigenvalue weighted by Gasteiger charge is -2.37. The van der Waals surface area contributed by atoms with Gasteiger partial charge in [-0.25, -0.2) is 4.79 Å². The van der Waals surface area contributed by atoms with Crippen molar-refractivity contribution in [3.63, 3.8) is 0 Å². The zero-order valence-corrected chi connectivity index (χ0v) is 20.0. The minimum Gasteiger partial charge on any atom is -0.463 e. The molecule has 166 valence electrons. The van der Waals surface area contributed by atoms with Crippen molar-refractivity contribution in [3.8, 4) is 0 Å². The minimum absolute atomic E-state index is 0.00101. The van der Waals surface area contributed by atoms with Crippen LogP contribution in [-0.4, -0.2) is 24.6 Å². The predicted octanol–water partition coefficient (Wildman–Crippen LogP) is 5.99. The molecule has 0 radical (unpaired) electrons. The van der Waals surface area contributed by atoms with Crippen LogP contribution in [0.15, 0.2) is 76.0 Å². The number of halogens is 1. The van der Waals surface area contributed by atoms with E-state index in [9.17, 15) is 9.59 Å². The maximum Gasteiger partial charge on any atom is 0.336 e. The molecule has 4 rings (SSSR count). The summed E-state index contributed by atoms with van der Waals surface area (Å²) >= 11 is 8.10. The fourth-order valence-corrected chi connectivity index (χ4v) is 5.37. The SMILES string of the molecule is CCOC(=O)C1=C(C)NC2=C(C(=O)C[C@@H](c3ccccc3Cl)C2)[C@H]1c1ccc(SC)cc1. The Balaban J connectivity index is 1.80. The molecule has 0 unspecified atom stereocenters. The molecule has 0 saturated heterocycles. The van der Waals surface area contributed by atoms with E-state index in [1.165, 1.54) is 0 Å². The second-order valence-corrected chi connectivity index (χ2v) is 9.32. The first-order chi connectivity index (χ1) is 15.4. The molecule has 2 aromatic rings. The first kappa shape index (κ1) is 22.7. The average molecular weight is 468 g/mol. The van der Waals surface area contributed by atoms with E-state index in [4.69, 9.17) is 16.3 Å². The Morgan fingerprint density at radius 2 is 1.88 bits per heavy atom. The highest BCUT2D eigenvalue weighted by Gasteiger charge is 2.41. The molecule has 1 N–H and O–H groups in total. The molecule has 0 amide bonds. The number of rotatable bonds is 5. The van der Waals surface area contributed by atoms with Gasteiger partial charge in [-0.15, -0.1) is 11.8 Å². The van der Waals surface area contributed by atoms with E-state index in [0.29, 0.717) is 29.0 Å². The van der Waals surface area contributed by atoms with Gasteiger partial charge in [-0.2, -0.15) is 0 Å². The van der Waals surface area contributed by atoms with E-state index < -0.39 is 5.92 Å². The molecule has 0 aromatic heterocycles. The number of hydrogen-bond acceptors (Lipinski definition) is 5. The molecule has 6 heteroatoms. The van der Waals surface area contributed by atoms with Crippen LogP contribution >= 0.6 is 23.4 Å². The third-order valence-corrected chi connectivity index (χ3v) is 7.20. The van der Waals surface area contributed by atoms with Crippen LogP contribution in [0.5, 0.6) is 0 Å². The molecule has 0 fully saturated rings. The van der Waals surface area contributed by atoms with Crippen molar-refractivity contribution in [1.29, 1.82) is 0 Å². The third-order valence-electron chi connectivity index (χ3n) is 6.12. The summed E-state index contributed by atoms with van der Waals surface area (Å²) in [6, 6.07) is 15.8. The monoisotopic (exact) mass is 467 g/mol. The van der Waals surface area contributed by atoms with Gasteiger partial charge in [0.1, 0.15) is 0 Å². The number of carbonyl (C=O) groups excluding carboxylic acids is 2. The molecule has 0 saturated carbocycles. The molecule has 1 aliphatic heterocycles. The Morgan fingerprint density at radius 1 is 1.16 bits per heavy atom. The van der Waals surface area contributed by atoms with E-state index >= 15 is 0 Å². The summed E-state index contributed by atoms with van der Waals surface area (Å²) in [4.78, 5) is 27.6. The normalized spacial score (nSPS) is 20.7. The lowest BCUT2D eigenvalue weighted by Crippen LogP contribution is -2.36.